The lowest BCUT2D eigenvalue weighted by Gasteiger charge is -2.30. The molecule has 2 N–H and O–H groups in total. The zero-order valence-corrected chi connectivity index (χ0v) is 19.7. The van der Waals surface area contributed by atoms with E-state index in [-0.39, 0.29) is 23.8 Å². The van der Waals surface area contributed by atoms with Crippen LogP contribution in [0.5, 0.6) is 5.75 Å². The van der Waals surface area contributed by atoms with Crippen LogP contribution in [-0.2, 0) is 4.79 Å². The molecule has 1 aliphatic heterocycles. The number of hydrogen-bond donors (Lipinski definition) is 2. The summed E-state index contributed by atoms with van der Waals surface area (Å²) in [6.45, 7) is 6.27. The van der Waals surface area contributed by atoms with Crippen molar-refractivity contribution in [3.63, 3.8) is 0 Å². The van der Waals surface area contributed by atoms with Crippen molar-refractivity contribution in [2.24, 2.45) is 5.92 Å². The molecule has 0 saturated carbocycles. The van der Waals surface area contributed by atoms with Crippen LogP contribution in [0.1, 0.15) is 48.7 Å². The first-order valence-corrected chi connectivity index (χ1v) is 11.5. The largest absolute Gasteiger partial charge is 0.497 e. The predicted molar refractivity (Wildman–Crippen MR) is 127 cm³/mol. The van der Waals surface area contributed by atoms with Gasteiger partial charge in [0.2, 0.25) is 5.91 Å². The highest BCUT2D eigenvalue weighted by molar-refractivity contribution is 6.33. The average Bonchev–Trinajstić information content (AvgIpc) is 3.32. The molecule has 172 valence electrons. The van der Waals surface area contributed by atoms with Gasteiger partial charge in [0.1, 0.15) is 11.8 Å². The van der Waals surface area contributed by atoms with Crippen molar-refractivity contribution in [3.8, 4) is 5.75 Å². The molecule has 1 heterocycles. The SMILES string of the molecule is COc1cccc(C(CNC(=O)C(NC(=O)c2ccccc2Cl)C(C)C)N2CCCC2)c1. The van der Waals surface area contributed by atoms with Gasteiger partial charge in [-0.05, 0) is 61.7 Å². The van der Waals surface area contributed by atoms with Crippen molar-refractivity contribution < 1.29 is 14.3 Å². The number of amides is 2. The highest BCUT2D eigenvalue weighted by atomic mass is 35.5. The van der Waals surface area contributed by atoms with Crippen LogP contribution in [-0.4, -0.2) is 49.5 Å². The highest BCUT2D eigenvalue weighted by Gasteiger charge is 2.28. The Bertz CT molecular complexity index is 928. The number of methoxy groups -OCH3 is 1. The number of likely N-dealkylation sites (tertiary alicyclic amines) is 1. The van der Waals surface area contributed by atoms with Gasteiger partial charge in [0.15, 0.2) is 0 Å². The first-order valence-electron chi connectivity index (χ1n) is 11.1. The summed E-state index contributed by atoms with van der Waals surface area (Å²) in [4.78, 5) is 28.2. The van der Waals surface area contributed by atoms with Crippen LogP contribution in [0.3, 0.4) is 0 Å². The van der Waals surface area contributed by atoms with Gasteiger partial charge in [-0.15, -0.1) is 0 Å². The van der Waals surface area contributed by atoms with Gasteiger partial charge in [0, 0.05) is 6.54 Å². The van der Waals surface area contributed by atoms with Gasteiger partial charge in [-0.3, -0.25) is 14.5 Å². The molecule has 1 fully saturated rings. The Kier molecular flexibility index (Phi) is 8.53. The first kappa shape index (κ1) is 24.1. The summed E-state index contributed by atoms with van der Waals surface area (Å²) < 4.78 is 5.39. The molecule has 0 bridgehead atoms. The number of carbonyl (C=O) groups excluding carboxylic acids is 2. The molecule has 0 radical (unpaired) electrons. The van der Waals surface area contributed by atoms with Crippen LogP contribution >= 0.6 is 11.6 Å². The molecule has 6 nitrogen and oxygen atoms in total. The van der Waals surface area contributed by atoms with E-state index in [0.717, 1.165) is 37.2 Å². The summed E-state index contributed by atoms with van der Waals surface area (Å²) in [7, 11) is 1.65. The number of benzene rings is 2. The lowest BCUT2D eigenvalue weighted by Crippen LogP contribution is -2.51. The van der Waals surface area contributed by atoms with Crippen LogP contribution in [0.25, 0.3) is 0 Å². The lowest BCUT2D eigenvalue weighted by molar-refractivity contribution is -0.124. The fourth-order valence-corrected chi connectivity index (χ4v) is 4.29. The maximum absolute atomic E-state index is 13.1. The third-order valence-electron chi connectivity index (χ3n) is 5.88. The summed E-state index contributed by atoms with van der Waals surface area (Å²) in [6, 6.07) is 14.2. The summed E-state index contributed by atoms with van der Waals surface area (Å²) in [5.74, 6) is 0.161. The Hall–Kier alpha value is -2.57. The Morgan fingerprint density at radius 2 is 1.81 bits per heavy atom. The zero-order valence-electron chi connectivity index (χ0n) is 18.9. The minimum atomic E-state index is -0.664. The molecule has 1 saturated heterocycles. The molecule has 2 aromatic rings. The van der Waals surface area contributed by atoms with E-state index in [2.05, 4.69) is 21.6 Å². The third-order valence-corrected chi connectivity index (χ3v) is 6.21. The molecule has 1 aliphatic rings. The van der Waals surface area contributed by atoms with Crippen LogP contribution < -0.4 is 15.4 Å². The normalized spacial score (nSPS) is 15.9. The van der Waals surface area contributed by atoms with E-state index >= 15 is 0 Å². The predicted octanol–water partition coefficient (Wildman–Crippen LogP) is 4.06. The molecular weight excluding hydrogens is 426 g/mol. The van der Waals surface area contributed by atoms with Crippen molar-refractivity contribution in [2.45, 2.75) is 38.8 Å². The topological polar surface area (TPSA) is 70.7 Å². The zero-order chi connectivity index (χ0) is 23.1. The van der Waals surface area contributed by atoms with E-state index in [1.807, 2.05) is 32.0 Å². The van der Waals surface area contributed by atoms with Gasteiger partial charge in [-0.25, -0.2) is 0 Å². The Labute approximate surface area is 195 Å². The molecule has 2 amide bonds. The number of hydrogen-bond acceptors (Lipinski definition) is 4. The standard InChI is InChI=1S/C25H32ClN3O3/c1-17(2)23(28-24(30)20-11-4-5-12-21(20)26)25(31)27-16-22(29-13-6-7-14-29)18-9-8-10-19(15-18)32-3/h4-5,8-12,15,17,22-23H,6-7,13-14,16H2,1-3H3,(H,27,31)(H,28,30). The van der Waals surface area contributed by atoms with Crippen molar-refractivity contribution in [3.05, 3.63) is 64.7 Å². The van der Waals surface area contributed by atoms with Crippen LogP contribution in [0.2, 0.25) is 5.02 Å². The number of rotatable bonds is 9. The van der Waals surface area contributed by atoms with Gasteiger partial charge in [0.05, 0.1) is 23.7 Å². The Morgan fingerprint density at radius 1 is 1.09 bits per heavy atom. The quantitative estimate of drug-likeness (QED) is 0.595. The third kappa shape index (κ3) is 6.02. The first-order chi connectivity index (χ1) is 15.4. The van der Waals surface area contributed by atoms with E-state index < -0.39 is 6.04 Å². The van der Waals surface area contributed by atoms with Gasteiger partial charge >= 0.3 is 0 Å². The molecule has 0 spiro atoms. The Balaban J connectivity index is 1.71. The van der Waals surface area contributed by atoms with E-state index in [1.165, 1.54) is 0 Å². The van der Waals surface area contributed by atoms with Gasteiger partial charge in [-0.1, -0.05) is 49.7 Å². The van der Waals surface area contributed by atoms with E-state index in [4.69, 9.17) is 16.3 Å². The van der Waals surface area contributed by atoms with Gasteiger partial charge < -0.3 is 15.4 Å². The highest BCUT2D eigenvalue weighted by Crippen LogP contribution is 2.27. The second kappa shape index (κ2) is 11.3. The van der Waals surface area contributed by atoms with Gasteiger partial charge in [-0.2, -0.15) is 0 Å². The fourth-order valence-electron chi connectivity index (χ4n) is 4.07. The molecule has 0 aliphatic carbocycles. The number of nitrogens with zero attached hydrogens (tertiary/aromatic N) is 1. The second-order valence-electron chi connectivity index (χ2n) is 8.46. The maximum atomic E-state index is 13.1. The van der Waals surface area contributed by atoms with Crippen LogP contribution in [0.4, 0.5) is 0 Å². The number of halogens is 1. The molecule has 2 unspecified atom stereocenters. The van der Waals surface area contributed by atoms with Crippen LogP contribution in [0.15, 0.2) is 48.5 Å². The van der Waals surface area contributed by atoms with E-state index in [1.54, 1.807) is 31.4 Å². The van der Waals surface area contributed by atoms with Gasteiger partial charge in [0.25, 0.3) is 5.91 Å². The summed E-state index contributed by atoms with van der Waals surface area (Å²) in [5.41, 5.74) is 1.46. The van der Waals surface area contributed by atoms with Crippen molar-refractivity contribution in [1.29, 1.82) is 0 Å². The summed E-state index contributed by atoms with van der Waals surface area (Å²) >= 11 is 6.15. The monoisotopic (exact) mass is 457 g/mol. The second-order valence-corrected chi connectivity index (χ2v) is 8.86. The van der Waals surface area contributed by atoms with E-state index in [0.29, 0.717) is 17.1 Å². The molecule has 3 rings (SSSR count). The molecule has 0 aromatic heterocycles. The smallest absolute Gasteiger partial charge is 0.253 e. The number of carbonyl (C=O) groups is 2. The average molecular weight is 458 g/mol. The number of nitrogens with one attached hydrogen (secondary N) is 2. The minimum absolute atomic E-state index is 0.0450. The van der Waals surface area contributed by atoms with E-state index in [9.17, 15) is 9.59 Å². The fraction of sp³-hybridized carbons (Fsp3) is 0.440. The Morgan fingerprint density at radius 3 is 2.47 bits per heavy atom. The molecule has 32 heavy (non-hydrogen) atoms. The molecule has 7 heteroatoms. The lowest BCUT2D eigenvalue weighted by atomic mass is 10.0. The maximum Gasteiger partial charge on any atom is 0.253 e. The van der Waals surface area contributed by atoms with Crippen molar-refractivity contribution >= 4 is 23.4 Å². The van der Waals surface area contributed by atoms with Crippen molar-refractivity contribution in [1.82, 2.24) is 15.5 Å². The summed E-state index contributed by atoms with van der Waals surface area (Å²) in [6.07, 6.45) is 2.30. The van der Waals surface area contributed by atoms with Crippen molar-refractivity contribution in [2.75, 3.05) is 26.7 Å². The van der Waals surface area contributed by atoms with Crippen LogP contribution in [0, 0.1) is 5.92 Å². The molecule has 2 atom stereocenters. The minimum Gasteiger partial charge on any atom is -0.497 e. The molecular formula is C25H32ClN3O3. The molecule has 2 aromatic carbocycles. The number of ether oxygens (including phenoxy) is 1. The summed E-state index contributed by atoms with van der Waals surface area (Å²) in [5, 5.41) is 6.30.